The smallest absolute Gasteiger partial charge is 0.345 e. The Morgan fingerprint density at radius 2 is 1.49 bits per heavy atom. The van der Waals surface area contributed by atoms with Gasteiger partial charge in [0.2, 0.25) is 11.8 Å². The number of carbonyl (C=O) groups is 1. The third-order valence-electron chi connectivity index (χ3n) is 7.39. The van der Waals surface area contributed by atoms with Gasteiger partial charge in [-0.25, -0.2) is 9.78 Å². The number of rotatable bonds is 8. The van der Waals surface area contributed by atoms with E-state index >= 15 is 0 Å². The summed E-state index contributed by atoms with van der Waals surface area (Å²) < 4.78 is 11.6. The third-order valence-corrected chi connectivity index (χ3v) is 7.39. The molecule has 0 saturated carbocycles. The SMILES string of the molecule is CCOC(=O)c1cnc(N2CCN(Cc3ccc(C#N)cc3)CC2)nc1Oc1c(C)cc(-c2ccc(C#N)cc2)cc1C. The summed E-state index contributed by atoms with van der Waals surface area (Å²) in [5.74, 6) is 0.715. The molecule has 1 aromatic heterocycles. The van der Waals surface area contributed by atoms with Crippen LogP contribution in [0, 0.1) is 36.5 Å². The van der Waals surface area contributed by atoms with Crippen LogP contribution in [0.25, 0.3) is 11.1 Å². The van der Waals surface area contributed by atoms with E-state index in [1.54, 1.807) is 19.1 Å². The lowest BCUT2D eigenvalue weighted by Crippen LogP contribution is -2.46. The molecule has 216 valence electrons. The molecule has 1 aliphatic heterocycles. The van der Waals surface area contributed by atoms with Crippen molar-refractivity contribution in [3.63, 3.8) is 0 Å². The van der Waals surface area contributed by atoms with E-state index in [2.05, 4.69) is 26.9 Å². The number of aromatic nitrogens is 2. The highest BCUT2D eigenvalue weighted by molar-refractivity contribution is 5.91. The predicted octanol–water partition coefficient (Wildman–Crippen LogP) is 5.80. The molecule has 0 aliphatic carbocycles. The molecule has 0 bridgehead atoms. The third kappa shape index (κ3) is 6.81. The molecule has 2 heterocycles. The minimum atomic E-state index is -0.541. The van der Waals surface area contributed by atoms with Gasteiger partial charge in [0.1, 0.15) is 11.3 Å². The Labute approximate surface area is 251 Å². The molecule has 4 aromatic rings. The van der Waals surface area contributed by atoms with E-state index in [0.29, 0.717) is 35.9 Å². The molecule has 5 rings (SSSR count). The van der Waals surface area contributed by atoms with Gasteiger partial charge in [-0.05, 0) is 85.0 Å². The van der Waals surface area contributed by atoms with Crippen molar-refractivity contribution in [2.45, 2.75) is 27.3 Å². The molecular weight excluding hydrogens is 540 g/mol. The molecule has 1 aliphatic rings. The summed E-state index contributed by atoms with van der Waals surface area (Å²) in [6.45, 7) is 9.73. The fourth-order valence-electron chi connectivity index (χ4n) is 5.10. The van der Waals surface area contributed by atoms with Crippen LogP contribution in [0.3, 0.4) is 0 Å². The molecule has 0 spiro atoms. The zero-order valence-corrected chi connectivity index (χ0v) is 24.5. The fourth-order valence-corrected chi connectivity index (χ4v) is 5.10. The van der Waals surface area contributed by atoms with Crippen LogP contribution in [0.15, 0.2) is 66.9 Å². The lowest BCUT2D eigenvalue weighted by molar-refractivity contribution is 0.0522. The normalized spacial score (nSPS) is 13.2. The molecule has 0 radical (unpaired) electrons. The summed E-state index contributed by atoms with van der Waals surface area (Å²) in [5, 5.41) is 18.2. The van der Waals surface area contributed by atoms with Crippen LogP contribution < -0.4 is 9.64 Å². The van der Waals surface area contributed by atoms with Gasteiger partial charge < -0.3 is 14.4 Å². The summed E-state index contributed by atoms with van der Waals surface area (Å²) in [6.07, 6.45) is 1.48. The number of carbonyl (C=O) groups excluding carboxylic acids is 1. The molecule has 43 heavy (non-hydrogen) atoms. The Bertz CT molecular complexity index is 1670. The second kappa shape index (κ2) is 13.2. The Balaban J connectivity index is 1.35. The highest BCUT2D eigenvalue weighted by atomic mass is 16.5. The van der Waals surface area contributed by atoms with Gasteiger partial charge in [0.05, 0.1) is 36.1 Å². The van der Waals surface area contributed by atoms with E-state index in [4.69, 9.17) is 25.0 Å². The monoisotopic (exact) mass is 572 g/mol. The van der Waals surface area contributed by atoms with Gasteiger partial charge in [-0.1, -0.05) is 24.3 Å². The molecule has 0 unspecified atom stereocenters. The number of nitriles is 2. The van der Waals surface area contributed by atoms with Crippen molar-refractivity contribution in [1.82, 2.24) is 14.9 Å². The zero-order valence-electron chi connectivity index (χ0n) is 24.5. The topological polar surface area (TPSA) is 115 Å². The Hall–Kier alpha value is -5.25. The number of piperazine rings is 1. The van der Waals surface area contributed by atoms with Crippen molar-refractivity contribution < 1.29 is 14.3 Å². The maximum Gasteiger partial charge on any atom is 0.345 e. The molecule has 9 nitrogen and oxygen atoms in total. The first-order chi connectivity index (χ1) is 20.9. The number of benzene rings is 3. The molecule has 9 heteroatoms. The first-order valence-electron chi connectivity index (χ1n) is 14.2. The van der Waals surface area contributed by atoms with Crippen LogP contribution >= 0.6 is 0 Å². The largest absolute Gasteiger partial charge is 0.462 e. The molecular formula is C34H32N6O3. The average molecular weight is 573 g/mol. The molecule has 3 aromatic carbocycles. The summed E-state index contributed by atoms with van der Waals surface area (Å²) in [6, 6.07) is 23.4. The number of hydrogen-bond acceptors (Lipinski definition) is 9. The Morgan fingerprint density at radius 3 is 2.07 bits per heavy atom. The van der Waals surface area contributed by atoms with Crippen LogP contribution in [-0.2, 0) is 11.3 Å². The standard InChI is InChI=1S/C34H32N6O3/c1-4-42-33(41)30-21-37-34(40-15-13-39(14-16-40)22-27-7-5-25(19-35)6-8-27)38-32(30)43-31-23(2)17-29(18-24(31)3)28-11-9-26(20-36)10-12-28/h5-12,17-18,21H,4,13-16,22H2,1-3H3. The Morgan fingerprint density at radius 1 is 0.884 bits per heavy atom. The second-order valence-corrected chi connectivity index (χ2v) is 10.4. The van der Waals surface area contributed by atoms with Crippen molar-refractivity contribution >= 4 is 11.9 Å². The van der Waals surface area contributed by atoms with Gasteiger partial charge >= 0.3 is 5.97 Å². The van der Waals surface area contributed by atoms with Crippen LogP contribution in [0.4, 0.5) is 5.95 Å². The highest BCUT2D eigenvalue weighted by Gasteiger charge is 2.24. The van der Waals surface area contributed by atoms with E-state index < -0.39 is 5.97 Å². The minimum Gasteiger partial charge on any atom is -0.462 e. The molecule has 0 atom stereocenters. The molecule has 0 N–H and O–H groups in total. The van der Waals surface area contributed by atoms with Gasteiger partial charge in [-0.3, -0.25) is 4.90 Å². The second-order valence-electron chi connectivity index (χ2n) is 10.4. The van der Waals surface area contributed by atoms with E-state index in [1.807, 2.05) is 62.4 Å². The van der Waals surface area contributed by atoms with Crippen molar-refractivity contribution in [2.24, 2.45) is 0 Å². The minimum absolute atomic E-state index is 0.154. The quantitative estimate of drug-likeness (QED) is 0.242. The van der Waals surface area contributed by atoms with E-state index in [9.17, 15) is 4.79 Å². The molecule has 0 amide bonds. The van der Waals surface area contributed by atoms with Gasteiger partial charge in [-0.2, -0.15) is 15.5 Å². The summed E-state index contributed by atoms with van der Waals surface area (Å²) in [7, 11) is 0. The number of nitrogens with zero attached hydrogens (tertiary/aromatic N) is 6. The number of esters is 1. The lowest BCUT2D eigenvalue weighted by atomic mass is 9.99. The van der Waals surface area contributed by atoms with Gasteiger partial charge in [0.15, 0.2) is 0 Å². The maximum atomic E-state index is 12.8. The highest BCUT2D eigenvalue weighted by Crippen LogP contribution is 2.35. The summed E-state index contributed by atoms with van der Waals surface area (Å²) >= 11 is 0. The van der Waals surface area contributed by atoms with E-state index in [-0.39, 0.29) is 18.1 Å². The van der Waals surface area contributed by atoms with E-state index in [0.717, 1.165) is 47.5 Å². The maximum absolute atomic E-state index is 12.8. The van der Waals surface area contributed by atoms with Gasteiger partial charge in [0.25, 0.3) is 0 Å². The van der Waals surface area contributed by atoms with Crippen LogP contribution in [0.2, 0.25) is 0 Å². The van der Waals surface area contributed by atoms with Gasteiger partial charge in [0, 0.05) is 32.7 Å². The first kappa shape index (κ1) is 29.2. The van der Waals surface area contributed by atoms with Crippen molar-refractivity contribution in [3.05, 3.63) is 100 Å². The first-order valence-corrected chi connectivity index (χ1v) is 14.2. The zero-order chi connectivity index (χ0) is 30.3. The number of anilines is 1. The number of aryl methyl sites for hydroxylation is 2. The van der Waals surface area contributed by atoms with Gasteiger partial charge in [-0.15, -0.1) is 0 Å². The Kier molecular flexibility index (Phi) is 8.95. The van der Waals surface area contributed by atoms with Crippen LogP contribution in [-0.4, -0.2) is 53.6 Å². The lowest BCUT2D eigenvalue weighted by Gasteiger charge is -2.34. The van der Waals surface area contributed by atoms with Crippen LogP contribution in [0.5, 0.6) is 11.6 Å². The molecule has 1 fully saturated rings. The van der Waals surface area contributed by atoms with Crippen molar-refractivity contribution in [2.75, 3.05) is 37.7 Å². The molecule has 1 saturated heterocycles. The van der Waals surface area contributed by atoms with Crippen molar-refractivity contribution in [1.29, 1.82) is 10.5 Å². The van der Waals surface area contributed by atoms with Crippen molar-refractivity contribution in [3.8, 4) is 34.9 Å². The average Bonchev–Trinajstić information content (AvgIpc) is 3.03. The number of ether oxygens (including phenoxy) is 2. The number of hydrogen-bond donors (Lipinski definition) is 0. The summed E-state index contributed by atoms with van der Waals surface area (Å²) in [4.78, 5) is 26.5. The van der Waals surface area contributed by atoms with Crippen LogP contribution in [0.1, 0.15) is 45.1 Å². The summed E-state index contributed by atoms with van der Waals surface area (Å²) in [5.41, 5.74) is 6.34. The van der Waals surface area contributed by atoms with E-state index in [1.165, 1.54) is 6.20 Å². The predicted molar refractivity (Wildman–Crippen MR) is 163 cm³/mol. The fraction of sp³-hybridized carbons (Fsp3) is 0.265.